The van der Waals surface area contributed by atoms with Crippen LogP contribution in [-0.4, -0.2) is 31.5 Å². The molecule has 1 heterocycles. The number of nitrogens with one attached hydrogen (secondary N) is 1. The Hall–Kier alpha value is -2.15. The van der Waals surface area contributed by atoms with Crippen molar-refractivity contribution in [3.63, 3.8) is 0 Å². The van der Waals surface area contributed by atoms with Gasteiger partial charge in [-0.2, -0.15) is 0 Å². The van der Waals surface area contributed by atoms with Crippen LogP contribution in [0.4, 0.5) is 5.82 Å². The van der Waals surface area contributed by atoms with E-state index >= 15 is 0 Å². The highest BCUT2D eigenvalue weighted by molar-refractivity contribution is 7.90. The smallest absolute Gasteiger partial charge is 0.225 e. The molecule has 21 heavy (non-hydrogen) atoms. The standard InChI is InChI=1S/C14H16N2O4S/c1-21(18,19)9-5-8-14(17)15-13-10-12(20-16-13)11-6-3-2-4-7-11/h2-4,6-7,10H,5,8-9H2,1H3,(H,15,16,17). The molecule has 1 aromatic carbocycles. The summed E-state index contributed by atoms with van der Waals surface area (Å²) in [6.45, 7) is 0. The van der Waals surface area contributed by atoms with Crippen molar-refractivity contribution in [2.45, 2.75) is 12.8 Å². The van der Waals surface area contributed by atoms with Crippen LogP contribution in [0.15, 0.2) is 40.9 Å². The predicted molar refractivity (Wildman–Crippen MR) is 79.5 cm³/mol. The average molecular weight is 308 g/mol. The molecule has 1 aromatic heterocycles. The van der Waals surface area contributed by atoms with Gasteiger partial charge in [-0.15, -0.1) is 0 Å². The maximum atomic E-state index is 11.7. The Bertz CT molecular complexity index is 708. The van der Waals surface area contributed by atoms with Gasteiger partial charge in [0, 0.05) is 24.3 Å². The molecule has 7 heteroatoms. The van der Waals surface area contributed by atoms with Crippen LogP contribution < -0.4 is 5.32 Å². The van der Waals surface area contributed by atoms with E-state index < -0.39 is 9.84 Å². The highest BCUT2D eigenvalue weighted by atomic mass is 32.2. The van der Waals surface area contributed by atoms with Crippen LogP contribution in [-0.2, 0) is 14.6 Å². The van der Waals surface area contributed by atoms with Crippen LogP contribution in [0.25, 0.3) is 11.3 Å². The third-order valence-corrected chi connectivity index (χ3v) is 3.79. The van der Waals surface area contributed by atoms with Gasteiger partial charge in [0.2, 0.25) is 5.91 Å². The molecule has 0 atom stereocenters. The Kier molecular flexibility index (Phi) is 4.74. The summed E-state index contributed by atoms with van der Waals surface area (Å²) >= 11 is 0. The van der Waals surface area contributed by atoms with Gasteiger partial charge in [-0.1, -0.05) is 35.5 Å². The normalized spacial score (nSPS) is 11.3. The average Bonchev–Trinajstić information content (AvgIpc) is 2.86. The number of carbonyl (C=O) groups excluding carboxylic acids is 1. The van der Waals surface area contributed by atoms with Crippen molar-refractivity contribution in [3.05, 3.63) is 36.4 Å². The molecule has 1 amide bonds. The van der Waals surface area contributed by atoms with Crippen molar-refractivity contribution in [3.8, 4) is 11.3 Å². The fourth-order valence-corrected chi connectivity index (χ4v) is 2.44. The Morgan fingerprint density at radius 1 is 1.29 bits per heavy atom. The van der Waals surface area contributed by atoms with Gasteiger partial charge in [0.05, 0.1) is 5.75 Å². The van der Waals surface area contributed by atoms with Crippen LogP contribution >= 0.6 is 0 Å². The molecule has 0 bridgehead atoms. The lowest BCUT2D eigenvalue weighted by Crippen LogP contribution is -2.13. The molecular formula is C14H16N2O4S. The van der Waals surface area contributed by atoms with Gasteiger partial charge < -0.3 is 9.84 Å². The van der Waals surface area contributed by atoms with E-state index in [9.17, 15) is 13.2 Å². The summed E-state index contributed by atoms with van der Waals surface area (Å²) in [6, 6.07) is 11.0. The van der Waals surface area contributed by atoms with Crippen molar-refractivity contribution < 1.29 is 17.7 Å². The van der Waals surface area contributed by atoms with Gasteiger partial charge in [0.15, 0.2) is 11.6 Å². The molecular weight excluding hydrogens is 292 g/mol. The van der Waals surface area contributed by atoms with Gasteiger partial charge in [-0.25, -0.2) is 8.42 Å². The molecule has 1 N–H and O–H groups in total. The minimum absolute atomic E-state index is 0.00546. The second kappa shape index (κ2) is 6.53. The quantitative estimate of drug-likeness (QED) is 0.882. The van der Waals surface area contributed by atoms with Gasteiger partial charge in [-0.05, 0) is 6.42 Å². The first-order valence-electron chi connectivity index (χ1n) is 6.44. The summed E-state index contributed by atoms with van der Waals surface area (Å²) in [5.41, 5.74) is 0.863. The summed E-state index contributed by atoms with van der Waals surface area (Å²) in [4.78, 5) is 11.7. The maximum absolute atomic E-state index is 11.7. The molecule has 0 fully saturated rings. The summed E-state index contributed by atoms with van der Waals surface area (Å²) in [5, 5.41) is 6.34. The van der Waals surface area contributed by atoms with Gasteiger partial charge in [-0.3, -0.25) is 4.79 Å². The van der Waals surface area contributed by atoms with E-state index in [-0.39, 0.29) is 24.5 Å². The first-order chi connectivity index (χ1) is 9.94. The molecule has 0 saturated carbocycles. The van der Waals surface area contributed by atoms with E-state index in [0.29, 0.717) is 11.6 Å². The number of hydrogen-bond donors (Lipinski definition) is 1. The summed E-state index contributed by atoms with van der Waals surface area (Å²) in [7, 11) is -3.04. The number of nitrogens with zero attached hydrogens (tertiary/aromatic N) is 1. The lowest BCUT2D eigenvalue weighted by molar-refractivity contribution is -0.116. The second-order valence-corrected chi connectivity index (χ2v) is 6.98. The van der Waals surface area contributed by atoms with Crippen LogP contribution in [0.5, 0.6) is 0 Å². The van der Waals surface area contributed by atoms with E-state index in [0.717, 1.165) is 11.8 Å². The topological polar surface area (TPSA) is 89.3 Å². The van der Waals surface area contributed by atoms with Crippen LogP contribution in [0.2, 0.25) is 0 Å². The molecule has 0 unspecified atom stereocenters. The number of hydrogen-bond acceptors (Lipinski definition) is 5. The number of aromatic nitrogens is 1. The first-order valence-corrected chi connectivity index (χ1v) is 8.50. The summed E-state index contributed by atoms with van der Waals surface area (Å²) in [6.07, 6.45) is 1.56. The van der Waals surface area contributed by atoms with E-state index in [1.807, 2.05) is 30.3 Å². The van der Waals surface area contributed by atoms with Gasteiger partial charge in [0.1, 0.15) is 9.84 Å². The minimum Gasteiger partial charge on any atom is -0.354 e. The zero-order valence-electron chi connectivity index (χ0n) is 11.6. The number of carbonyl (C=O) groups is 1. The third-order valence-electron chi connectivity index (χ3n) is 2.75. The SMILES string of the molecule is CS(=O)(=O)CCCC(=O)Nc1cc(-c2ccccc2)on1. The zero-order valence-corrected chi connectivity index (χ0v) is 12.4. The van der Waals surface area contributed by atoms with E-state index in [1.54, 1.807) is 6.07 Å². The highest BCUT2D eigenvalue weighted by Gasteiger charge is 2.10. The summed E-state index contributed by atoms with van der Waals surface area (Å²) in [5.74, 6) is 0.584. The highest BCUT2D eigenvalue weighted by Crippen LogP contribution is 2.21. The second-order valence-electron chi connectivity index (χ2n) is 4.72. The predicted octanol–water partition coefficient (Wildman–Crippen LogP) is 2.10. The van der Waals surface area contributed by atoms with Crippen molar-refractivity contribution in [2.75, 3.05) is 17.3 Å². The lowest BCUT2D eigenvalue weighted by Gasteiger charge is -2.00. The molecule has 112 valence electrons. The van der Waals surface area contributed by atoms with E-state index in [2.05, 4.69) is 10.5 Å². The Labute approximate surface area is 123 Å². The van der Waals surface area contributed by atoms with Crippen molar-refractivity contribution in [1.82, 2.24) is 5.16 Å². The Balaban J connectivity index is 1.89. The maximum Gasteiger partial charge on any atom is 0.225 e. The Morgan fingerprint density at radius 3 is 2.67 bits per heavy atom. The first kappa shape index (κ1) is 15.2. The molecule has 0 radical (unpaired) electrons. The van der Waals surface area contributed by atoms with Crippen molar-refractivity contribution in [1.29, 1.82) is 0 Å². The molecule has 0 spiro atoms. The molecule has 0 aliphatic rings. The van der Waals surface area contributed by atoms with E-state index in [1.165, 1.54) is 0 Å². The fourth-order valence-electron chi connectivity index (χ4n) is 1.77. The van der Waals surface area contributed by atoms with Gasteiger partial charge in [0.25, 0.3) is 0 Å². The summed E-state index contributed by atoms with van der Waals surface area (Å²) < 4.78 is 27.1. The fraction of sp³-hybridized carbons (Fsp3) is 0.286. The Morgan fingerprint density at radius 2 is 2.00 bits per heavy atom. The van der Waals surface area contributed by atoms with Crippen LogP contribution in [0.3, 0.4) is 0 Å². The largest absolute Gasteiger partial charge is 0.354 e. The van der Waals surface area contributed by atoms with E-state index in [4.69, 9.17) is 4.52 Å². The van der Waals surface area contributed by atoms with Crippen molar-refractivity contribution in [2.24, 2.45) is 0 Å². The van der Waals surface area contributed by atoms with Crippen LogP contribution in [0.1, 0.15) is 12.8 Å². The number of amides is 1. The van der Waals surface area contributed by atoms with Crippen LogP contribution in [0, 0.1) is 0 Å². The molecule has 0 aliphatic carbocycles. The molecule has 2 rings (SSSR count). The number of benzene rings is 1. The zero-order chi connectivity index (χ0) is 15.3. The van der Waals surface area contributed by atoms with Crippen molar-refractivity contribution >= 4 is 21.6 Å². The van der Waals surface area contributed by atoms with Gasteiger partial charge >= 0.3 is 0 Å². The monoisotopic (exact) mass is 308 g/mol. The lowest BCUT2D eigenvalue weighted by atomic mass is 10.2. The number of rotatable bonds is 6. The third kappa shape index (κ3) is 5.03. The number of anilines is 1. The minimum atomic E-state index is -3.04. The molecule has 0 aliphatic heterocycles. The molecule has 0 saturated heterocycles. The number of sulfone groups is 1. The molecule has 2 aromatic rings. The molecule has 6 nitrogen and oxygen atoms in total.